The van der Waals surface area contributed by atoms with Crippen LogP contribution >= 0.6 is 0 Å². The van der Waals surface area contributed by atoms with E-state index in [2.05, 4.69) is 21.6 Å². The molecule has 0 unspecified atom stereocenters. The van der Waals surface area contributed by atoms with E-state index in [1.807, 2.05) is 24.6 Å². The van der Waals surface area contributed by atoms with Crippen LogP contribution in [0.4, 0.5) is 14.9 Å². The number of hydrogen-bond acceptors (Lipinski definition) is 3. The van der Waals surface area contributed by atoms with Gasteiger partial charge in [-0.2, -0.15) is 10.2 Å². The van der Waals surface area contributed by atoms with Crippen LogP contribution in [0.5, 0.6) is 0 Å². The Morgan fingerprint density at radius 1 is 1.32 bits per heavy atom. The molecule has 0 bridgehead atoms. The molecule has 1 aliphatic rings. The van der Waals surface area contributed by atoms with Gasteiger partial charge < -0.3 is 10.2 Å². The van der Waals surface area contributed by atoms with Gasteiger partial charge in [0.25, 0.3) is 0 Å². The minimum atomic E-state index is -0.274. The molecule has 0 aliphatic carbocycles. The van der Waals surface area contributed by atoms with E-state index in [-0.39, 0.29) is 17.9 Å². The monoisotopic (exact) mass is 382 g/mol. The van der Waals surface area contributed by atoms with Gasteiger partial charge in [-0.25, -0.2) is 9.18 Å². The molecule has 0 saturated carbocycles. The largest absolute Gasteiger partial charge is 0.322 e. The number of benzene rings is 1. The summed E-state index contributed by atoms with van der Waals surface area (Å²) in [7, 11) is 0. The van der Waals surface area contributed by atoms with Crippen molar-refractivity contribution < 1.29 is 9.18 Å². The van der Waals surface area contributed by atoms with Crippen LogP contribution in [0.1, 0.15) is 29.4 Å². The summed E-state index contributed by atoms with van der Waals surface area (Å²) in [5.74, 6) is -0.274. The van der Waals surface area contributed by atoms with E-state index in [0.29, 0.717) is 25.3 Å². The van der Waals surface area contributed by atoms with E-state index in [4.69, 9.17) is 0 Å². The Balaban J connectivity index is 1.35. The second kappa shape index (κ2) is 7.46. The van der Waals surface area contributed by atoms with Crippen molar-refractivity contribution >= 4 is 11.7 Å². The summed E-state index contributed by atoms with van der Waals surface area (Å²) in [6.45, 7) is 5.77. The highest BCUT2D eigenvalue weighted by Crippen LogP contribution is 2.23. The van der Waals surface area contributed by atoms with Crippen LogP contribution in [-0.2, 0) is 6.54 Å². The molecule has 3 heterocycles. The van der Waals surface area contributed by atoms with Crippen molar-refractivity contribution in [2.75, 3.05) is 18.4 Å². The Hall–Kier alpha value is -3.16. The summed E-state index contributed by atoms with van der Waals surface area (Å²) in [6, 6.07) is 8.51. The van der Waals surface area contributed by atoms with Gasteiger partial charge in [0.15, 0.2) is 0 Å². The van der Waals surface area contributed by atoms with Crippen molar-refractivity contribution in [2.45, 2.75) is 32.9 Å². The molecule has 1 fully saturated rings. The first-order valence-electron chi connectivity index (χ1n) is 9.33. The van der Waals surface area contributed by atoms with Gasteiger partial charge in [0.05, 0.1) is 30.2 Å². The Morgan fingerprint density at radius 3 is 2.93 bits per heavy atom. The Labute approximate surface area is 162 Å². The number of urea groups is 1. The van der Waals surface area contributed by atoms with Crippen molar-refractivity contribution in [2.24, 2.45) is 0 Å². The maximum absolute atomic E-state index is 13.3. The number of anilines is 1. The van der Waals surface area contributed by atoms with Crippen molar-refractivity contribution in [3.05, 3.63) is 65.5 Å². The summed E-state index contributed by atoms with van der Waals surface area (Å²) in [6.07, 6.45) is 4.23. The highest BCUT2D eigenvalue weighted by molar-refractivity contribution is 5.89. The molecule has 1 aromatic carbocycles. The van der Waals surface area contributed by atoms with Crippen LogP contribution in [0, 0.1) is 19.7 Å². The van der Waals surface area contributed by atoms with Crippen LogP contribution in [0.2, 0.25) is 0 Å². The number of carbonyl (C=O) groups is 1. The standard InChI is InChI=1S/C20H23FN6O/c1-14-8-15(2)27(24-14)19-6-7-25(13-19)20(28)23-18-10-22-26(12-18)11-16-4-3-5-17(21)9-16/h3-5,8-10,12,19H,6-7,11,13H2,1-2H3,(H,23,28)/t19-/m1/s1. The molecular formula is C20H23FN6O. The summed E-state index contributed by atoms with van der Waals surface area (Å²) in [5.41, 5.74) is 3.54. The molecule has 28 heavy (non-hydrogen) atoms. The summed E-state index contributed by atoms with van der Waals surface area (Å²) < 4.78 is 17.0. The van der Waals surface area contributed by atoms with E-state index >= 15 is 0 Å². The maximum Gasteiger partial charge on any atom is 0.322 e. The van der Waals surface area contributed by atoms with Gasteiger partial charge in [0.2, 0.25) is 0 Å². The van der Waals surface area contributed by atoms with E-state index in [0.717, 1.165) is 23.4 Å². The second-order valence-corrected chi connectivity index (χ2v) is 7.25. The molecule has 3 aromatic rings. The highest BCUT2D eigenvalue weighted by atomic mass is 19.1. The number of aromatic nitrogens is 4. The third-order valence-corrected chi connectivity index (χ3v) is 4.96. The van der Waals surface area contributed by atoms with E-state index in [9.17, 15) is 9.18 Å². The van der Waals surface area contributed by atoms with Gasteiger partial charge in [-0.05, 0) is 44.0 Å². The zero-order chi connectivity index (χ0) is 19.7. The van der Waals surface area contributed by atoms with Crippen molar-refractivity contribution in [3.8, 4) is 0 Å². The average molecular weight is 382 g/mol. The van der Waals surface area contributed by atoms with Gasteiger partial charge >= 0.3 is 6.03 Å². The van der Waals surface area contributed by atoms with E-state index in [1.54, 1.807) is 28.0 Å². The smallest absolute Gasteiger partial charge is 0.322 e. The Kier molecular flexibility index (Phi) is 4.85. The minimum absolute atomic E-state index is 0.144. The number of nitrogens with zero attached hydrogens (tertiary/aromatic N) is 5. The molecule has 1 atom stereocenters. The molecule has 1 saturated heterocycles. The molecule has 2 amide bonds. The average Bonchev–Trinajstić information content (AvgIpc) is 3.35. The number of amides is 2. The van der Waals surface area contributed by atoms with Crippen molar-refractivity contribution in [3.63, 3.8) is 0 Å². The van der Waals surface area contributed by atoms with E-state index < -0.39 is 0 Å². The Morgan fingerprint density at radius 2 is 2.18 bits per heavy atom. The topological polar surface area (TPSA) is 68.0 Å². The first kappa shape index (κ1) is 18.2. The number of halogens is 1. The quantitative estimate of drug-likeness (QED) is 0.752. The fourth-order valence-electron chi connectivity index (χ4n) is 3.68. The lowest BCUT2D eigenvalue weighted by molar-refractivity contribution is 0.220. The molecular weight excluding hydrogens is 359 g/mol. The van der Waals surface area contributed by atoms with Gasteiger partial charge in [-0.15, -0.1) is 0 Å². The summed E-state index contributed by atoms with van der Waals surface area (Å²) in [4.78, 5) is 14.4. The highest BCUT2D eigenvalue weighted by Gasteiger charge is 2.29. The molecule has 8 heteroatoms. The zero-order valence-electron chi connectivity index (χ0n) is 16.0. The number of carbonyl (C=O) groups excluding carboxylic acids is 1. The first-order chi connectivity index (χ1) is 13.5. The number of rotatable bonds is 4. The zero-order valence-corrected chi connectivity index (χ0v) is 16.0. The van der Waals surface area contributed by atoms with Crippen LogP contribution in [0.15, 0.2) is 42.7 Å². The molecule has 4 rings (SSSR count). The third kappa shape index (κ3) is 3.90. The number of aryl methyl sites for hydroxylation is 2. The molecule has 1 N–H and O–H groups in total. The molecule has 2 aromatic heterocycles. The van der Waals surface area contributed by atoms with Gasteiger partial charge in [-0.1, -0.05) is 12.1 Å². The molecule has 146 valence electrons. The van der Waals surface area contributed by atoms with Crippen LogP contribution in [-0.4, -0.2) is 43.6 Å². The van der Waals surface area contributed by atoms with Crippen LogP contribution < -0.4 is 5.32 Å². The predicted octanol–water partition coefficient (Wildman–Crippen LogP) is 3.36. The predicted molar refractivity (Wildman–Crippen MR) is 104 cm³/mol. The van der Waals surface area contributed by atoms with Gasteiger partial charge in [0, 0.05) is 25.0 Å². The molecule has 0 radical (unpaired) electrons. The van der Waals surface area contributed by atoms with Crippen molar-refractivity contribution in [1.82, 2.24) is 24.5 Å². The van der Waals surface area contributed by atoms with Crippen LogP contribution in [0.25, 0.3) is 0 Å². The minimum Gasteiger partial charge on any atom is -0.322 e. The fraction of sp³-hybridized carbons (Fsp3) is 0.350. The van der Waals surface area contributed by atoms with E-state index in [1.165, 1.54) is 12.1 Å². The number of likely N-dealkylation sites (tertiary alicyclic amines) is 1. The normalized spacial score (nSPS) is 16.5. The number of hydrogen-bond donors (Lipinski definition) is 1. The fourth-order valence-corrected chi connectivity index (χ4v) is 3.68. The lowest BCUT2D eigenvalue weighted by atomic mass is 10.2. The second-order valence-electron chi connectivity index (χ2n) is 7.25. The molecule has 1 aliphatic heterocycles. The first-order valence-corrected chi connectivity index (χ1v) is 9.33. The van der Waals surface area contributed by atoms with Crippen molar-refractivity contribution in [1.29, 1.82) is 0 Å². The lowest BCUT2D eigenvalue weighted by Crippen LogP contribution is -2.33. The van der Waals surface area contributed by atoms with Gasteiger partial charge in [0.1, 0.15) is 5.82 Å². The molecule has 0 spiro atoms. The Bertz CT molecular complexity index is 994. The summed E-state index contributed by atoms with van der Waals surface area (Å²) >= 11 is 0. The van der Waals surface area contributed by atoms with Crippen LogP contribution in [0.3, 0.4) is 0 Å². The lowest BCUT2D eigenvalue weighted by Gasteiger charge is -2.17. The van der Waals surface area contributed by atoms with Gasteiger partial charge in [-0.3, -0.25) is 9.36 Å². The summed E-state index contributed by atoms with van der Waals surface area (Å²) in [5, 5.41) is 11.7. The maximum atomic E-state index is 13.3. The molecule has 7 nitrogen and oxygen atoms in total. The SMILES string of the molecule is Cc1cc(C)n([C@@H]2CCN(C(=O)Nc3cnn(Cc4cccc(F)c4)c3)C2)n1. The third-order valence-electron chi connectivity index (χ3n) is 4.96. The number of nitrogens with one attached hydrogen (secondary N) is 1.